The number of para-hydroxylation sites is 1. The Morgan fingerprint density at radius 1 is 0.964 bits per heavy atom. The molecule has 0 saturated carbocycles. The lowest BCUT2D eigenvalue weighted by Crippen LogP contribution is -2.16. The standard InChI is InChI=1S/C18H15N5O5/c1-27-17(25)11-7-12(18(26)28-2)9-13(8-11)20-16(24)14-5-3-4-6-15(14)23-10-19-21-22-23/h3-10H,1-2H3,(H,20,24). The number of benzene rings is 2. The third-order valence-electron chi connectivity index (χ3n) is 3.78. The summed E-state index contributed by atoms with van der Waals surface area (Å²) >= 11 is 0. The molecule has 0 bridgehead atoms. The zero-order valence-corrected chi connectivity index (χ0v) is 14.9. The molecular weight excluding hydrogens is 366 g/mol. The number of anilines is 1. The van der Waals surface area contributed by atoms with Crippen LogP contribution in [0.1, 0.15) is 31.1 Å². The summed E-state index contributed by atoms with van der Waals surface area (Å²) in [6.45, 7) is 0. The first kappa shape index (κ1) is 18.7. The highest BCUT2D eigenvalue weighted by Crippen LogP contribution is 2.20. The molecule has 3 rings (SSSR count). The lowest BCUT2D eigenvalue weighted by molar-refractivity contribution is 0.0599. The summed E-state index contributed by atoms with van der Waals surface area (Å²) in [4.78, 5) is 36.6. The molecule has 0 unspecified atom stereocenters. The summed E-state index contributed by atoms with van der Waals surface area (Å²) < 4.78 is 10.7. The predicted molar refractivity (Wildman–Crippen MR) is 96.2 cm³/mol. The number of nitrogens with one attached hydrogen (secondary N) is 1. The lowest BCUT2D eigenvalue weighted by atomic mass is 10.1. The van der Waals surface area contributed by atoms with Crippen molar-refractivity contribution in [2.75, 3.05) is 19.5 Å². The van der Waals surface area contributed by atoms with Crippen molar-refractivity contribution in [3.05, 3.63) is 65.5 Å². The number of hydrogen-bond donors (Lipinski definition) is 1. The molecule has 0 atom stereocenters. The van der Waals surface area contributed by atoms with E-state index < -0.39 is 17.8 Å². The van der Waals surface area contributed by atoms with Gasteiger partial charge in [0.2, 0.25) is 0 Å². The summed E-state index contributed by atoms with van der Waals surface area (Å²) in [5, 5.41) is 13.6. The first-order valence-corrected chi connectivity index (χ1v) is 7.99. The van der Waals surface area contributed by atoms with Gasteiger partial charge in [-0.3, -0.25) is 4.79 Å². The molecule has 0 radical (unpaired) electrons. The van der Waals surface area contributed by atoms with Crippen molar-refractivity contribution in [3.63, 3.8) is 0 Å². The van der Waals surface area contributed by atoms with Crippen LogP contribution in [-0.4, -0.2) is 52.3 Å². The fraction of sp³-hybridized carbons (Fsp3) is 0.111. The molecule has 0 saturated heterocycles. The normalized spacial score (nSPS) is 10.2. The number of ether oxygens (including phenoxy) is 2. The number of nitrogens with zero attached hydrogens (tertiary/aromatic N) is 4. The number of hydrogen-bond acceptors (Lipinski definition) is 8. The Labute approximate surface area is 159 Å². The molecule has 3 aromatic rings. The fourth-order valence-corrected chi connectivity index (χ4v) is 2.51. The number of rotatable bonds is 5. The van der Waals surface area contributed by atoms with Gasteiger partial charge in [0.25, 0.3) is 5.91 Å². The summed E-state index contributed by atoms with van der Waals surface area (Å²) in [7, 11) is 2.43. The third kappa shape index (κ3) is 3.85. The second-order valence-corrected chi connectivity index (χ2v) is 5.51. The topological polar surface area (TPSA) is 125 Å². The van der Waals surface area contributed by atoms with Crippen LogP contribution in [-0.2, 0) is 9.47 Å². The van der Waals surface area contributed by atoms with Crippen LogP contribution in [0.25, 0.3) is 5.69 Å². The highest BCUT2D eigenvalue weighted by Gasteiger charge is 2.17. The maximum Gasteiger partial charge on any atom is 0.337 e. The van der Waals surface area contributed by atoms with Gasteiger partial charge in [0.1, 0.15) is 6.33 Å². The van der Waals surface area contributed by atoms with Gasteiger partial charge in [-0.2, -0.15) is 4.68 Å². The van der Waals surface area contributed by atoms with E-state index in [9.17, 15) is 14.4 Å². The summed E-state index contributed by atoms with van der Waals surface area (Å²) in [6.07, 6.45) is 1.36. The van der Waals surface area contributed by atoms with Gasteiger partial charge in [-0.1, -0.05) is 12.1 Å². The number of tetrazole rings is 1. The molecule has 1 heterocycles. The molecule has 0 aliphatic carbocycles. The molecule has 1 aromatic heterocycles. The Balaban J connectivity index is 1.97. The number of esters is 2. The van der Waals surface area contributed by atoms with Crippen molar-refractivity contribution in [2.24, 2.45) is 0 Å². The Bertz CT molecular complexity index is 998. The first-order valence-electron chi connectivity index (χ1n) is 7.99. The van der Waals surface area contributed by atoms with Gasteiger partial charge in [0, 0.05) is 5.69 Å². The van der Waals surface area contributed by atoms with E-state index in [0.717, 1.165) is 0 Å². The minimum atomic E-state index is -0.657. The summed E-state index contributed by atoms with van der Waals surface area (Å²) in [5.41, 5.74) is 1.16. The van der Waals surface area contributed by atoms with Crippen molar-refractivity contribution < 1.29 is 23.9 Å². The number of aromatic nitrogens is 4. The van der Waals surface area contributed by atoms with E-state index in [1.54, 1.807) is 24.3 Å². The predicted octanol–water partition coefficient (Wildman–Crippen LogP) is 1.49. The zero-order valence-electron chi connectivity index (χ0n) is 14.9. The Kier molecular flexibility index (Phi) is 5.40. The van der Waals surface area contributed by atoms with Crippen molar-refractivity contribution in [1.82, 2.24) is 20.2 Å². The average Bonchev–Trinajstić information content (AvgIpc) is 3.27. The molecular formula is C18H15N5O5. The van der Waals surface area contributed by atoms with E-state index in [1.807, 2.05) is 0 Å². The molecule has 0 spiro atoms. The van der Waals surface area contributed by atoms with Gasteiger partial charge in [0.15, 0.2) is 0 Å². The van der Waals surface area contributed by atoms with E-state index >= 15 is 0 Å². The first-order chi connectivity index (χ1) is 13.5. The van der Waals surface area contributed by atoms with Crippen molar-refractivity contribution in [3.8, 4) is 5.69 Å². The van der Waals surface area contributed by atoms with Crippen LogP contribution in [0.2, 0.25) is 0 Å². The molecule has 10 nitrogen and oxygen atoms in total. The number of carbonyl (C=O) groups is 3. The molecule has 10 heteroatoms. The van der Waals surface area contributed by atoms with E-state index in [1.165, 1.54) is 43.4 Å². The fourth-order valence-electron chi connectivity index (χ4n) is 2.51. The molecule has 0 aliphatic rings. The lowest BCUT2D eigenvalue weighted by Gasteiger charge is -2.11. The Hall–Kier alpha value is -4.08. The van der Waals surface area contributed by atoms with Gasteiger partial charge in [0.05, 0.1) is 36.6 Å². The maximum atomic E-state index is 12.8. The monoisotopic (exact) mass is 381 g/mol. The molecule has 2 aromatic carbocycles. The number of methoxy groups -OCH3 is 2. The van der Waals surface area contributed by atoms with Crippen LogP contribution in [0.3, 0.4) is 0 Å². The summed E-state index contributed by atoms with van der Waals surface area (Å²) in [5.74, 6) is -1.80. The largest absolute Gasteiger partial charge is 0.465 e. The van der Waals surface area contributed by atoms with Crippen LogP contribution in [0.5, 0.6) is 0 Å². The van der Waals surface area contributed by atoms with Crippen LogP contribution >= 0.6 is 0 Å². The van der Waals surface area contributed by atoms with Gasteiger partial charge >= 0.3 is 11.9 Å². The van der Waals surface area contributed by atoms with Crippen LogP contribution < -0.4 is 5.32 Å². The molecule has 1 amide bonds. The SMILES string of the molecule is COC(=O)c1cc(NC(=O)c2ccccc2-n2cnnn2)cc(C(=O)OC)c1. The second-order valence-electron chi connectivity index (χ2n) is 5.51. The highest BCUT2D eigenvalue weighted by molar-refractivity contribution is 6.08. The quantitative estimate of drug-likeness (QED) is 0.659. The molecule has 0 aliphatic heterocycles. The van der Waals surface area contributed by atoms with Gasteiger partial charge < -0.3 is 14.8 Å². The molecule has 0 fully saturated rings. The Morgan fingerprint density at radius 3 is 2.18 bits per heavy atom. The Morgan fingerprint density at radius 2 is 1.61 bits per heavy atom. The summed E-state index contributed by atoms with van der Waals surface area (Å²) in [6, 6.07) is 10.8. The smallest absolute Gasteiger partial charge is 0.337 e. The van der Waals surface area contributed by atoms with Gasteiger partial charge in [-0.05, 0) is 40.8 Å². The minimum Gasteiger partial charge on any atom is -0.465 e. The van der Waals surface area contributed by atoms with Gasteiger partial charge in [-0.25, -0.2) is 9.59 Å². The van der Waals surface area contributed by atoms with E-state index in [2.05, 4.69) is 30.3 Å². The van der Waals surface area contributed by atoms with E-state index in [4.69, 9.17) is 0 Å². The number of carbonyl (C=O) groups excluding carboxylic acids is 3. The van der Waals surface area contributed by atoms with Gasteiger partial charge in [-0.15, -0.1) is 5.10 Å². The average molecular weight is 381 g/mol. The van der Waals surface area contributed by atoms with Crippen molar-refractivity contribution in [1.29, 1.82) is 0 Å². The molecule has 1 N–H and O–H groups in total. The zero-order chi connectivity index (χ0) is 20.1. The third-order valence-corrected chi connectivity index (χ3v) is 3.78. The van der Waals surface area contributed by atoms with Crippen molar-refractivity contribution >= 4 is 23.5 Å². The van der Waals surface area contributed by atoms with Crippen molar-refractivity contribution in [2.45, 2.75) is 0 Å². The minimum absolute atomic E-state index is 0.0921. The number of amides is 1. The molecule has 28 heavy (non-hydrogen) atoms. The van der Waals surface area contributed by atoms with E-state index in [-0.39, 0.29) is 22.4 Å². The van der Waals surface area contributed by atoms with Crippen LogP contribution in [0.15, 0.2) is 48.8 Å². The highest BCUT2D eigenvalue weighted by atomic mass is 16.5. The van der Waals surface area contributed by atoms with Crippen LogP contribution in [0.4, 0.5) is 5.69 Å². The maximum absolute atomic E-state index is 12.8. The molecule has 142 valence electrons. The second kappa shape index (κ2) is 8.08. The van der Waals surface area contributed by atoms with Crippen LogP contribution in [0, 0.1) is 0 Å². The van der Waals surface area contributed by atoms with E-state index in [0.29, 0.717) is 5.69 Å².